The second-order valence-corrected chi connectivity index (χ2v) is 5.82. The van der Waals surface area contributed by atoms with E-state index >= 15 is 0 Å². The highest BCUT2D eigenvalue weighted by Crippen LogP contribution is 2.22. The Hall–Kier alpha value is -1.00. The lowest BCUT2D eigenvalue weighted by Crippen LogP contribution is -2.31. The van der Waals surface area contributed by atoms with E-state index in [1.165, 1.54) is 0 Å². The van der Waals surface area contributed by atoms with Gasteiger partial charge in [0.15, 0.2) is 0 Å². The van der Waals surface area contributed by atoms with E-state index in [0.717, 1.165) is 24.5 Å². The maximum atomic E-state index is 11.8. The number of esters is 1. The molecule has 98 valence electrons. The van der Waals surface area contributed by atoms with Gasteiger partial charge in [0.05, 0.1) is 24.4 Å². The van der Waals surface area contributed by atoms with Gasteiger partial charge in [0.2, 0.25) is 0 Å². The minimum atomic E-state index is -0.119. The van der Waals surface area contributed by atoms with Gasteiger partial charge < -0.3 is 9.47 Å². The highest BCUT2D eigenvalue weighted by Gasteiger charge is 2.22. The second-order valence-electron chi connectivity index (χ2n) is 4.49. The highest BCUT2D eigenvalue weighted by molar-refractivity contribution is 8.00. The lowest BCUT2D eigenvalue weighted by atomic mass is 10.2. The van der Waals surface area contributed by atoms with Crippen LogP contribution in [-0.4, -0.2) is 30.2 Å². The van der Waals surface area contributed by atoms with Crippen molar-refractivity contribution in [2.45, 2.75) is 18.8 Å². The molecule has 2 rings (SSSR count). The fourth-order valence-corrected chi connectivity index (χ4v) is 2.61. The smallest absolute Gasteiger partial charge is 0.309 e. The van der Waals surface area contributed by atoms with Crippen molar-refractivity contribution in [1.82, 2.24) is 0 Å². The van der Waals surface area contributed by atoms with Gasteiger partial charge >= 0.3 is 5.97 Å². The number of hydrogen-bond acceptors (Lipinski definition) is 4. The summed E-state index contributed by atoms with van der Waals surface area (Å²) in [4.78, 5) is 11.8. The van der Waals surface area contributed by atoms with E-state index in [4.69, 9.17) is 9.47 Å². The predicted molar refractivity (Wildman–Crippen MR) is 72.5 cm³/mol. The first-order valence-electron chi connectivity index (χ1n) is 6.15. The molecule has 1 aromatic carbocycles. The molecule has 3 nitrogen and oxygen atoms in total. The van der Waals surface area contributed by atoms with E-state index in [0.29, 0.717) is 11.9 Å². The molecule has 1 saturated heterocycles. The zero-order valence-electron chi connectivity index (χ0n) is 10.5. The molecule has 0 amide bonds. The zero-order chi connectivity index (χ0) is 12.8. The first-order valence-corrected chi connectivity index (χ1v) is 7.20. The molecule has 18 heavy (non-hydrogen) atoms. The van der Waals surface area contributed by atoms with Crippen molar-refractivity contribution in [2.24, 2.45) is 5.92 Å². The topological polar surface area (TPSA) is 35.5 Å². The Bertz CT molecular complexity index is 376. The fourth-order valence-electron chi connectivity index (χ4n) is 1.53. The van der Waals surface area contributed by atoms with Crippen LogP contribution in [0.4, 0.5) is 0 Å². The summed E-state index contributed by atoms with van der Waals surface area (Å²) in [5.41, 5.74) is 1.03. The molecule has 1 fully saturated rings. The van der Waals surface area contributed by atoms with E-state index in [9.17, 15) is 4.79 Å². The van der Waals surface area contributed by atoms with Crippen molar-refractivity contribution in [1.29, 1.82) is 0 Å². The number of ether oxygens (including phenoxy) is 2. The molecule has 0 spiro atoms. The molecule has 0 aromatic heterocycles. The Morgan fingerprint density at radius 2 is 2.17 bits per heavy atom. The molecular formula is C14H18O3S. The normalized spacial score (nSPS) is 16.9. The monoisotopic (exact) mass is 266 g/mol. The molecule has 0 N–H and O–H groups in total. The maximum absolute atomic E-state index is 11.8. The van der Waals surface area contributed by atoms with Crippen LogP contribution in [0.5, 0.6) is 0 Å². The molecule has 0 radical (unpaired) electrons. The number of thioether (sulfide) groups is 1. The first-order chi connectivity index (χ1) is 8.75. The lowest BCUT2D eigenvalue weighted by Gasteiger charge is -2.26. The van der Waals surface area contributed by atoms with Crippen molar-refractivity contribution < 1.29 is 14.3 Å². The third kappa shape index (κ3) is 4.03. The Labute approximate surface area is 112 Å². The summed E-state index contributed by atoms with van der Waals surface area (Å²) in [6, 6.07) is 9.75. The van der Waals surface area contributed by atoms with E-state index in [1.54, 1.807) is 11.8 Å². The van der Waals surface area contributed by atoms with Crippen LogP contribution in [0, 0.1) is 5.92 Å². The summed E-state index contributed by atoms with van der Waals surface area (Å²) >= 11 is 1.80. The number of hydrogen-bond donors (Lipinski definition) is 0. The largest absolute Gasteiger partial charge is 0.461 e. The van der Waals surface area contributed by atoms with E-state index < -0.39 is 0 Å². The number of carbonyl (C=O) groups is 1. The van der Waals surface area contributed by atoms with Crippen molar-refractivity contribution in [3.05, 3.63) is 35.9 Å². The summed E-state index contributed by atoms with van der Waals surface area (Å²) in [6.45, 7) is 3.91. The van der Waals surface area contributed by atoms with Crippen molar-refractivity contribution in [3.63, 3.8) is 0 Å². The van der Waals surface area contributed by atoms with Crippen LogP contribution in [-0.2, 0) is 20.9 Å². The second kappa shape index (κ2) is 6.81. The van der Waals surface area contributed by atoms with Crippen LogP contribution in [0.2, 0.25) is 0 Å². The van der Waals surface area contributed by atoms with Gasteiger partial charge in [-0.1, -0.05) is 37.3 Å². The summed E-state index contributed by atoms with van der Waals surface area (Å²) < 4.78 is 10.4. The Kier molecular flexibility index (Phi) is 5.08. The molecule has 4 heteroatoms. The molecule has 1 aromatic rings. The molecule has 0 bridgehead atoms. The minimum absolute atomic E-state index is 0.0562. The van der Waals surface area contributed by atoms with Crippen molar-refractivity contribution in [3.8, 4) is 0 Å². The van der Waals surface area contributed by atoms with Gasteiger partial charge in [-0.15, -0.1) is 0 Å². The summed E-state index contributed by atoms with van der Waals surface area (Å²) in [5, 5.41) is 0.564. The summed E-state index contributed by atoms with van der Waals surface area (Å²) in [5.74, 6) is 0.632. The Morgan fingerprint density at radius 1 is 1.44 bits per heavy atom. The van der Waals surface area contributed by atoms with E-state index in [2.05, 4.69) is 0 Å². The molecular weight excluding hydrogens is 248 g/mol. The zero-order valence-corrected chi connectivity index (χ0v) is 11.3. The molecule has 1 atom stereocenters. The average Bonchev–Trinajstić information content (AvgIpc) is 2.35. The summed E-state index contributed by atoms with van der Waals surface area (Å²) in [7, 11) is 0. The Morgan fingerprint density at radius 3 is 2.78 bits per heavy atom. The van der Waals surface area contributed by atoms with Gasteiger partial charge in [-0.2, -0.15) is 11.8 Å². The average molecular weight is 266 g/mol. The molecule has 1 aliphatic rings. The molecule has 0 aliphatic carbocycles. The first kappa shape index (κ1) is 13.4. The van der Waals surface area contributed by atoms with Crippen LogP contribution in [0.15, 0.2) is 30.3 Å². The minimum Gasteiger partial charge on any atom is -0.461 e. The Balaban J connectivity index is 1.66. The standard InChI is InChI=1S/C14H18O3S/c1-11(10-18-13-8-16-9-13)14(15)17-7-12-5-3-2-4-6-12/h2-6,11,13H,7-10H2,1H3. The molecule has 0 saturated carbocycles. The van der Waals surface area contributed by atoms with E-state index in [1.807, 2.05) is 37.3 Å². The van der Waals surface area contributed by atoms with Gasteiger partial charge in [0.1, 0.15) is 6.61 Å². The molecule has 1 heterocycles. The van der Waals surface area contributed by atoms with Crippen LogP contribution in [0.1, 0.15) is 12.5 Å². The van der Waals surface area contributed by atoms with Crippen LogP contribution in [0.3, 0.4) is 0 Å². The SMILES string of the molecule is CC(CSC1COC1)C(=O)OCc1ccccc1. The van der Waals surface area contributed by atoms with Gasteiger partial charge in [-0.3, -0.25) is 4.79 Å². The lowest BCUT2D eigenvalue weighted by molar-refractivity contribution is -0.148. The van der Waals surface area contributed by atoms with Crippen molar-refractivity contribution in [2.75, 3.05) is 19.0 Å². The van der Waals surface area contributed by atoms with Crippen molar-refractivity contribution >= 4 is 17.7 Å². The van der Waals surface area contributed by atoms with E-state index in [-0.39, 0.29) is 11.9 Å². The number of rotatable bonds is 6. The number of carbonyl (C=O) groups excluding carboxylic acids is 1. The maximum Gasteiger partial charge on any atom is 0.309 e. The predicted octanol–water partition coefficient (Wildman–Crippen LogP) is 2.50. The third-order valence-corrected chi connectivity index (χ3v) is 4.25. The van der Waals surface area contributed by atoms with Crippen LogP contribution in [0.25, 0.3) is 0 Å². The number of benzene rings is 1. The fraction of sp³-hybridized carbons (Fsp3) is 0.500. The summed E-state index contributed by atoms with van der Waals surface area (Å²) in [6.07, 6.45) is 0. The van der Waals surface area contributed by atoms with Gasteiger partial charge in [0.25, 0.3) is 0 Å². The van der Waals surface area contributed by atoms with Crippen LogP contribution < -0.4 is 0 Å². The third-order valence-electron chi connectivity index (χ3n) is 2.82. The van der Waals surface area contributed by atoms with Gasteiger partial charge in [-0.25, -0.2) is 0 Å². The van der Waals surface area contributed by atoms with Gasteiger partial charge in [-0.05, 0) is 5.56 Å². The molecule has 1 unspecified atom stereocenters. The van der Waals surface area contributed by atoms with Gasteiger partial charge in [0, 0.05) is 5.75 Å². The quantitative estimate of drug-likeness (QED) is 0.741. The highest BCUT2D eigenvalue weighted by atomic mass is 32.2. The molecule has 1 aliphatic heterocycles. The van der Waals surface area contributed by atoms with Crippen LogP contribution >= 0.6 is 11.8 Å².